The Kier molecular flexibility index (Phi) is 6.80. The van der Waals surface area contributed by atoms with Gasteiger partial charge in [0.15, 0.2) is 17.5 Å². The summed E-state index contributed by atoms with van der Waals surface area (Å²) in [6, 6.07) is 1.58. The maximum absolute atomic E-state index is 12.5. The summed E-state index contributed by atoms with van der Waals surface area (Å²) < 4.78 is 10.1. The average Bonchev–Trinajstić information content (AvgIpc) is 2.50. The van der Waals surface area contributed by atoms with Crippen LogP contribution < -0.4 is 15.8 Å². The van der Waals surface area contributed by atoms with Gasteiger partial charge in [0.2, 0.25) is 11.7 Å². The second-order valence-electron chi connectivity index (χ2n) is 6.54. The van der Waals surface area contributed by atoms with E-state index in [4.69, 9.17) is 20.5 Å². The lowest BCUT2D eigenvalue weighted by atomic mass is 10.0. The number of amides is 1. The van der Waals surface area contributed by atoms with E-state index in [0.717, 1.165) is 12.1 Å². The zero-order valence-electron chi connectivity index (χ0n) is 15.1. The number of aromatic hydroxyl groups is 2. The summed E-state index contributed by atoms with van der Waals surface area (Å²) in [5, 5.41) is 30.9. The summed E-state index contributed by atoms with van der Waals surface area (Å²) in [4.78, 5) is 24.7. The number of nitrogens with two attached hydrogens (primary N) is 1. The number of ether oxygens (including phenoxy) is 2. The number of nitrogens with zero attached hydrogens (tertiary/aromatic N) is 1. The van der Waals surface area contributed by atoms with Crippen LogP contribution in [0.25, 0.3) is 0 Å². The first kappa shape index (κ1) is 21.1. The third-order valence-corrected chi connectivity index (χ3v) is 3.19. The number of nitrogens with one attached hydrogen (secondary N) is 1. The van der Waals surface area contributed by atoms with Gasteiger partial charge in [-0.05, 0) is 38.5 Å². The number of phenolic OH excluding ortho intramolecular Hbond substituents is 2. The van der Waals surface area contributed by atoms with Crippen molar-refractivity contribution in [1.82, 2.24) is 5.32 Å². The highest BCUT2D eigenvalue weighted by molar-refractivity contribution is 5.88. The fourth-order valence-electron chi connectivity index (χ4n) is 2.07. The van der Waals surface area contributed by atoms with Crippen LogP contribution in [-0.4, -0.2) is 40.8 Å². The van der Waals surface area contributed by atoms with Crippen LogP contribution in [0.2, 0.25) is 0 Å². The van der Waals surface area contributed by atoms with Gasteiger partial charge in [-0.1, -0.05) is 0 Å². The number of nitriles is 1. The zero-order chi connectivity index (χ0) is 20.1. The predicted molar refractivity (Wildman–Crippen MR) is 91.3 cm³/mol. The molecule has 1 amide bonds. The second kappa shape index (κ2) is 8.40. The molecule has 0 saturated heterocycles. The van der Waals surface area contributed by atoms with Gasteiger partial charge < -0.3 is 30.7 Å². The molecule has 142 valence electrons. The lowest BCUT2D eigenvalue weighted by molar-refractivity contribution is -0.159. The SMILES string of the molecule is COc1c(O)cc([C@@H](NC(=O)[C@@H](N)CC#N)C(=O)OC(C)(C)C)cc1O. The van der Waals surface area contributed by atoms with Crippen molar-refractivity contribution in [2.75, 3.05) is 7.11 Å². The molecule has 0 aliphatic carbocycles. The first-order valence-corrected chi connectivity index (χ1v) is 7.75. The number of hydrogen-bond donors (Lipinski definition) is 4. The second-order valence-corrected chi connectivity index (χ2v) is 6.54. The molecular formula is C17H23N3O6. The van der Waals surface area contributed by atoms with Gasteiger partial charge in [-0.3, -0.25) is 4.79 Å². The largest absolute Gasteiger partial charge is 0.504 e. The van der Waals surface area contributed by atoms with Gasteiger partial charge in [0, 0.05) is 0 Å². The van der Waals surface area contributed by atoms with Crippen LogP contribution in [-0.2, 0) is 14.3 Å². The number of esters is 1. The minimum absolute atomic E-state index is 0.0626. The maximum Gasteiger partial charge on any atom is 0.333 e. The van der Waals surface area contributed by atoms with Gasteiger partial charge in [0.05, 0.1) is 25.6 Å². The van der Waals surface area contributed by atoms with E-state index in [1.165, 1.54) is 7.11 Å². The van der Waals surface area contributed by atoms with Crippen molar-refractivity contribution in [2.24, 2.45) is 5.73 Å². The molecule has 0 spiro atoms. The standard InChI is InChI=1S/C17H23N3O6/c1-17(2,3)26-16(24)13(20-15(23)10(19)5-6-18)9-7-11(21)14(25-4)12(22)8-9/h7-8,10,13,21-22H,5,19H2,1-4H3,(H,20,23)/t10-,13+/m0/s1. The molecule has 0 bridgehead atoms. The Morgan fingerprint density at radius 1 is 1.31 bits per heavy atom. The van der Waals surface area contributed by atoms with Crippen molar-refractivity contribution >= 4 is 11.9 Å². The van der Waals surface area contributed by atoms with Crippen LogP contribution in [0, 0.1) is 11.3 Å². The quantitative estimate of drug-likeness (QED) is 0.541. The summed E-state index contributed by atoms with van der Waals surface area (Å²) in [6.45, 7) is 4.94. The molecule has 0 heterocycles. The van der Waals surface area contributed by atoms with E-state index < -0.39 is 41.1 Å². The van der Waals surface area contributed by atoms with E-state index in [2.05, 4.69) is 5.32 Å². The van der Waals surface area contributed by atoms with E-state index in [1.807, 2.05) is 0 Å². The third-order valence-electron chi connectivity index (χ3n) is 3.19. The topological polar surface area (TPSA) is 155 Å². The molecule has 0 fully saturated rings. The lowest BCUT2D eigenvalue weighted by Crippen LogP contribution is -2.45. The summed E-state index contributed by atoms with van der Waals surface area (Å²) >= 11 is 0. The number of benzene rings is 1. The maximum atomic E-state index is 12.5. The van der Waals surface area contributed by atoms with E-state index in [0.29, 0.717) is 0 Å². The predicted octanol–water partition coefficient (Wildman–Crippen LogP) is 0.846. The Morgan fingerprint density at radius 2 is 1.85 bits per heavy atom. The molecule has 1 aromatic rings. The number of carbonyl (C=O) groups is 2. The van der Waals surface area contributed by atoms with Crippen molar-refractivity contribution in [3.63, 3.8) is 0 Å². The van der Waals surface area contributed by atoms with Gasteiger partial charge in [-0.25, -0.2) is 4.79 Å². The van der Waals surface area contributed by atoms with Crippen molar-refractivity contribution in [3.05, 3.63) is 17.7 Å². The van der Waals surface area contributed by atoms with Crippen LogP contribution in [0.5, 0.6) is 17.2 Å². The number of carbonyl (C=O) groups excluding carboxylic acids is 2. The highest BCUT2D eigenvalue weighted by atomic mass is 16.6. The molecule has 2 atom stereocenters. The molecule has 0 radical (unpaired) electrons. The smallest absolute Gasteiger partial charge is 0.333 e. The summed E-state index contributed by atoms with van der Waals surface area (Å²) in [5.41, 5.74) is 4.80. The lowest BCUT2D eigenvalue weighted by Gasteiger charge is -2.25. The van der Waals surface area contributed by atoms with Crippen LogP contribution in [0.3, 0.4) is 0 Å². The molecule has 0 aliphatic rings. The molecule has 1 rings (SSSR count). The molecule has 9 heteroatoms. The van der Waals surface area contributed by atoms with E-state index in [1.54, 1.807) is 26.8 Å². The molecule has 9 nitrogen and oxygen atoms in total. The minimum atomic E-state index is -1.35. The number of rotatable bonds is 6. The number of phenols is 2. The Hall–Kier alpha value is -2.99. The molecule has 26 heavy (non-hydrogen) atoms. The Bertz CT molecular complexity index is 697. The van der Waals surface area contributed by atoms with Gasteiger partial charge >= 0.3 is 5.97 Å². The Labute approximate surface area is 151 Å². The molecule has 0 aromatic heterocycles. The highest BCUT2D eigenvalue weighted by Crippen LogP contribution is 2.38. The number of methoxy groups -OCH3 is 1. The van der Waals surface area contributed by atoms with Crippen molar-refractivity contribution < 1.29 is 29.3 Å². The summed E-state index contributed by atoms with van der Waals surface area (Å²) in [6.07, 6.45) is -0.244. The van der Waals surface area contributed by atoms with E-state index in [-0.39, 0.29) is 17.7 Å². The third kappa shape index (κ3) is 5.53. The van der Waals surface area contributed by atoms with Gasteiger partial charge in [0.25, 0.3) is 0 Å². The van der Waals surface area contributed by atoms with Gasteiger partial charge in [-0.15, -0.1) is 0 Å². The van der Waals surface area contributed by atoms with Crippen molar-refractivity contribution in [2.45, 2.75) is 44.9 Å². The first-order valence-electron chi connectivity index (χ1n) is 7.75. The fraction of sp³-hybridized carbons (Fsp3) is 0.471. The average molecular weight is 365 g/mol. The molecule has 0 saturated carbocycles. The van der Waals surface area contributed by atoms with Gasteiger partial charge in [0.1, 0.15) is 5.60 Å². The minimum Gasteiger partial charge on any atom is -0.504 e. The van der Waals surface area contributed by atoms with E-state index >= 15 is 0 Å². The molecule has 0 unspecified atom stereocenters. The summed E-state index contributed by atoms with van der Waals surface area (Å²) in [5.74, 6) is -2.60. The fourth-order valence-corrected chi connectivity index (χ4v) is 2.07. The van der Waals surface area contributed by atoms with Crippen LogP contribution in [0.4, 0.5) is 0 Å². The monoisotopic (exact) mass is 365 g/mol. The zero-order valence-corrected chi connectivity index (χ0v) is 15.1. The molecular weight excluding hydrogens is 342 g/mol. The molecule has 5 N–H and O–H groups in total. The Morgan fingerprint density at radius 3 is 2.27 bits per heavy atom. The molecule has 1 aromatic carbocycles. The van der Waals surface area contributed by atoms with Crippen LogP contribution in [0.1, 0.15) is 38.8 Å². The first-order chi connectivity index (χ1) is 12.0. The van der Waals surface area contributed by atoms with Crippen LogP contribution in [0.15, 0.2) is 12.1 Å². The van der Waals surface area contributed by atoms with Crippen molar-refractivity contribution in [3.8, 4) is 23.3 Å². The number of hydrogen-bond acceptors (Lipinski definition) is 8. The Balaban J connectivity index is 3.26. The van der Waals surface area contributed by atoms with Crippen LogP contribution >= 0.6 is 0 Å². The van der Waals surface area contributed by atoms with Gasteiger partial charge in [-0.2, -0.15) is 5.26 Å². The van der Waals surface area contributed by atoms with Crippen molar-refractivity contribution in [1.29, 1.82) is 5.26 Å². The molecule has 0 aliphatic heterocycles. The van der Waals surface area contributed by atoms with E-state index in [9.17, 15) is 19.8 Å². The highest BCUT2D eigenvalue weighted by Gasteiger charge is 2.31. The summed E-state index contributed by atoms with van der Waals surface area (Å²) in [7, 11) is 1.25. The normalized spacial score (nSPS) is 13.2.